The summed E-state index contributed by atoms with van der Waals surface area (Å²) in [5.41, 5.74) is 6.92. The van der Waals surface area contributed by atoms with Gasteiger partial charge in [0, 0.05) is 24.8 Å². The highest BCUT2D eigenvalue weighted by Crippen LogP contribution is 2.13. The average Bonchev–Trinajstić information content (AvgIpc) is 2.40. The summed E-state index contributed by atoms with van der Waals surface area (Å²) < 4.78 is 0. The quantitative estimate of drug-likeness (QED) is 0.841. The molecule has 3 N–H and O–H groups in total. The SMILES string of the molecule is CCN1CCC(NC(=O)c2ccccc2N)CC1.Cl.Cl. The van der Waals surface area contributed by atoms with E-state index in [1.807, 2.05) is 12.1 Å². The number of halogens is 2. The van der Waals surface area contributed by atoms with E-state index in [-0.39, 0.29) is 36.8 Å². The van der Waals surface area contributed by atoms with Gasteiger partial charge in [-0.2, -0.15) is 0 Å². The second-order valence-corrected chi connectivity index (χ2v) is 4.77. The molecule has 0 bridgehead atoms. The highest BCUT2D eigenvalue weighted by molar-refractivity contribution is 5.99. The maximum Gasteiger partial charge on any atom is 0.253 e. The molecule has 0 atom stereocenters. The van der Waals surface area contributed by atoms with Crippen LogP contribution in [0.5, 0.6) is 0 Å². The Bertz CT molecular complexity index is 421. The summed E-state index contributed by atoms with van der Waals surface area (Å²) in [7, 11) is 0. The van der Waals surface area contributed by atoms with E-state index in [9.17, 15) is 4.79 Å². The number of nitrogens with one attached hydrogen (secondary N) is 1. The minimum atomic E-state index is -0.0527. The summed E-state index contributed by atoms with van der Waals surface area (Å²) in [6.07, 6.45) is 2.04. The Morgan fingerprint density at radius 1 is 1.30 bits per heavy atom. The summed E-state index contributed by atoms with van der Waals surface area (Å²) in [6, 6.07) is 7.48. The molecule has 20 heavy (non-hydrogen) atoms. The van der Waals surface area contributed by atoms with Crippen molar-refractivity contribution in [3.05, 3.63) is 29.8 Å². The predicted molar refractivity (Wildman–Crippen MR) is 88.0 cm³/mol. The van der Waals surface area contributed by atoms with Gasteiger partial charge in [0.25, 0.3) is 5.91 Å². The van der Waals surface area contributed by atoms with Crippen molar-refractivity contribution < 1.29 is 4.79 Å². The van der Waals surface area contributed by atoms with Crippen molar-refractivity contribution in [3.8, 4) is 0 Å². The van der Waals surface area contributed by atoms with Crippen LogP contribution in [0.1, 0.15) is 30.1 Å². The third-order valence-corrected chi connectivity index (χ3v) is 3.58. The van der Waals surface area contributed by atoms with Crippen LogP contribution in [-0.2, 0) is 0 Å². The molecule has 1 aromatic carbocycles. The van der Waals surface area contributed by atoms with Crippen LogP contribution in [0.4, 0.5) is 5.69 Å². The molecule has 1 aromatic rings. The van der Waals surface area contributed by atoms with Crippen molar-refractivity contribution in [3.63, 3.8) is 0 Å². The lowest BCUT2D eigenvalue weighted by atomic mass is 10.0. The molecule has 1 saturated heterocycles. The summed E-state index contributed by atoms with van der Waals surface area (Å²) in [6.45, 7) is 5.38. The van der Waals surface area contributed by atoms with E-state index in [4.69, 9.17) is 5.73 Å². The fourth-order valence-corrected chi connectivity index (χ4v) is 2.36. The molecular weight excluding hydrogens is 297 g/mol. The number of para-hydroxylation sites is 1. The normalized spacial score (nSPS) is 15.8. The van der Waals surface area contributed by atoms with Gasteiger partial charge in [-0.05, 0) is 31.5 Å². The van der Waals surface area contributed by atoms with Gasteiger partial charge in [-0.1, -0.05) is 19.1 Å². The van der Waals surface area contributed by atoms with E-state index in [2.05, 4.69) is 17.1 Å². The Morgan fingerprint density at radius 3 is 2.45 bits per heavy atom. The number of rotatable bonds is 3. The Balaban J connectivity index is 0.00000180. The maximum atomic E-state index is 12.1. The molecule has 1 heterocycles. The van der Waals surface area contributed by atoms with Gasteiger partial charge in [-0.3, -0.25) is 4.79 Å². The number of anilines is 1. The standard InChI is InChI=1S/C14H21N3O.2ClH/c1-2-17-9-7-11(8-10-17)16-14(18)12-5-3-4-6-13(12)15;;/h3-6,11H,2,7-10,15H2,1H3,(H,16,18);2*1H. The summed E-state index contributed by atoms with van der Waals surface area (Å²) in [5.74, 6) is -0.0527. The number of benzene rings is 1. The van der Waals surface area contributed by atoms with Crippen molar-refractivity contribution in [2.24, 2.45) is 0 Å². The van der Waals surface area contributed by atoms with Crippen LogP contribution in [0.15, 0.2) is 24.3 Å². The first-order valence-electron chi connectivity index (χ1n) is 6.58. The molecule has 1 aliphatic rings. The molecule has 2 rings (SSSR count). The number of nitrogen functional groups attached to an aromatic ring is 1. The van der Waals surface area contributed by atoms with E-state index >= 15 is 0 Å². The monoisotopic (exact) mass is 319 g/mol. The van der Waals surface area contributed by atoms with Crippen molar-refractivity contribution in [2.45, 2.75) is 25.8 Å². The second-order valence-electron chi connectivity index (χ2n) is 4.77. The van der Waals surface area contributed by atoms with Gasteiger partial charge in [0.2, 0.25) is 0 Å². The lowest BCUT2D eigenvalue weighted by Crippen LogP contribution is -2.44. The van der Waals surface area contributed by atoms with Crippen molar-refractivity contribution in [1.29, 1.82) is 0 Å². The number of likely N-dealkylation sites (tertiary alicyclic amines) is 1. The smallest absolute Gasteiger partial charge is 0.253 e. The largest absolute Gasteiger partial charge is 0.398 e. The number of nitrogens with zero attached hydrogens (tertiary/aromatic N) is 1. The molecule has 0 aliphatic carbocycles. The van der Waals surface area contributed by atoms with Crippen LogP contribution in [-0.4, -0.2) is 36.5 Å². The topological polar surface area (TPSA) is 58.4 Å². The van der Waals surface area contributed by atoms with E-state index in [0.717, 1.165) is 32.5 Å². The number of hydrogen-bond acceptors (Lipinski definition) is 3. The minimum absolute atomic E-state index is 0. The van der Waals surface area contributed by atoms with Crippen LogP contribution >= 0.6 is 24.8 Å². The Labute approximate surface area is 132 Å². The molecule has 1 aliphatic heterocycles. The lowest BCUT2D eigenvalue weighted by Gasteiger charge is -2.31. The number of carbonyl (C=O) groups excluding carboxylic acids is 1. The van der Waals surface area contributed by atoms with Crippen LogP contribution in [0.2, 0.25) is 0 Å². The molecular formula is C14H23Cl2N3O. The molecule has 4 nitrogen and oxygen atoms in total. The highest BCUT2D eigenvalue weighted by atomic mass is 35.5. The van der Waals surface area contributed by atoms with Crippen LogP contribution < -0.4 is 11.1 Å². The molecule has 0 aromatic heterocycles. The molecule has 0 radical (unpaired) electrons. The van der Waals surface area contributed by atoms with Gasteiger partial charge in [0.05, 0.1) is 5.56 Å². The van der Waals surface area contributed by atoms with Gasteiger partial charge < -0.3 is 16.0 Å². The first kappa shape index (κ1) is 19.0. The zero-order valence-corrected chi connectivity index (χ0v) is 13.3. The Morgan fingerprint density at radius 2 is 1.90 bits per heavy atom. The van der Waals surface area contributed by atoms with Gasteiger partial charge in [0.15, 0.2) is 0 Å². The third-order valence-electron chi connectivity index (χ3n) is 3.58. The van der Waals surface area contributed by atoms with Gasteiger partial charge in [0.1, 0.15) is 0 Å². The Kier molecular flexibility index (Phi) is 8.62. The summed E-state index contributed by atoms with van der Waals surface area (Å²) in [5, 5.41) is 3.08. The van der Waals surface area contributed by atoms with Crippen molar-refractivity contribution >= 4 is 36.4 Å². The Hall–Kier alpha value is -0.970. The van der Waals surface area contributed by atoms with Crippen molar-refractivity contribution in [1.82, 2.24) is 10.2 Å². The zero-order valence-electron chi connectivity index (χ0n) is 11.7. The fourth-order valence-electron chi connectivity index (χ4n) is 2.36. The number of amides is 1. The first-order chi connectivity index (χ1) is 8.70. The molecule has 114 valence electrons. The average molecular weight is 320 g/mol. The summed E-state index contributed by atoms with van der Waals surface area (Å²) in [4.78, 5) is 14.5. The first-order valence-corrected chi connectivity index (χ1v) is 6.58. The molecule has 1 fully saturated rings. The molecule has 0 unspecified atom stereocenters. The minimum Gasteiger partial charge on any atom is -0.398 e. The number of carbonyl (C=O) groups is 1. The molecule has 0 spiro atoms. The molecule has 0 saturated carbocycles. The second kappa shape index (κ2) is 9.06. The number of hydrogen-bond donors (Lipinski definition) is 2. The van der Waals surface area contributed by atoms with Gasteiger partial charge in [-0.25, -0.2) is 0 Å². The van der Waals surface area contributed by atoms with Gasteiger partial charge in [-0.15, -0.1) is 24.8 Å². The molecule has 1 amide bonds. The number of piperidine rings is 1. The predicted octanol–water partition coefficient (Wildman–Crippen LogP) is 2.33. The van der Waals surface area contributed by atoms with E-state index in [0.29, 0.717) is 11.3 Å². The fraction of sp³-hybridized carbons (Fsp3) is 0.500. The van der Waals surface area contributed by atoms with E-state index in [1.54, 1.807) is 12.1 Å². The van der Waals surface area contributed by atoms with Crippen LogP contribution in [0.3, 0.4) is 0 Å². The zero-order chi connectivity index (χ0) is 13.0. The van der Waals surface area contributed by atoms with E-state index in [1.165, 1.54) is 0 Å². The third kappa shape index (κ3) is 4.85. The van der Waals surface area contributed by atoms with Gasteiger partial charge >= 0.3 is 0 Å². The summed E-state index contributed by atoms with van der Waals surface area (Å²) >= 11 is 0. The molecule has 6 heteroatoms. The highest BCUT2D eigenvalue weighted by Gasteiger charge is 2.20. The van der Waals surface area contributed by atoms with Crippen LogP contribution in [0, 0.1) is 0 Å². The lowest BCUT2D eigenvalue weighted by molar-refractivity contribution is 0.0913. The maximum absolute atomic E-state index is 12.1. The number of nitrogens with two attached hydrogens (primary N) is 1. The van der Waals surface area contributed by atoms with Crippen LogP contribution in [0.25, 0.3) is 0 Å². The van der Waals surface area contributed by atoms with Crippen molar-refractivity contribution in [2.75, 3.05) is 25.4 Å². The van der Waals surface area contributed by atoms with E-state index < -0.39 is 0 Å².